The van der Waals surface area contributed by atoms with Gasteiger partial charge in [0.05, 0.1) is 6.42 Å². The van der Waals surface area contributed by atoms with E-state index in [1.54, 1.807) is 0 Å². The highest BCUT2D eigenvalue weighted by Crippen LogP contribution is 2.09. The first-order chi connectivity index (χ1) is 9.74. The summed E-state index contributed by atoms with van der Waals surface area (Å²) in [6.07, 6.45) is 6.35. The molecule has 2 aromatic carbocycles. The first kappa shape index (κ1) is 14.1. The molecule has 0 aliphatic heterocycles. The second-order valence-corrected chi connectivity index (χ2v) is 4.74. The number of aliphatic carboxylic acids is 1. The lowest BCUT2D eigenvalue weighted by Crippen LogP contribution is -1.99. The van der Waals surface area contributed by atoms with E-state index in [2.05, 4.69) is 36.4 Å². The van der Waals surface area contributed by atoms with Gasteiger partial charge in [-0.15, -0.1) is 0 Å². The highest BCUT2D eigenvalue weighted by Gasteiger charge is 1.98. The smallest absolute Gasteiger partial charge is 0.307 e. The molecule has 0 aliphatic carbocycles. The zero-order chi connectivity index (χ0) is 14.2. The Morgan fingerprint density at radius 3 is 2.30 bits per heavy atom. The summed E-state index contributed by atoms with van der Waals surface area (Å²) in [5.41, 5.74) is 3.28. The standard InChI is InChI=1S/C18H18O2/c19-18(20)14-17-12-10-16(11-13-17)9-5-4-8-15-6-2-1-3-7-15/h1-3,5-7,9-13H,4,8,14H2,(H,19,20)/b9-5+. The SMILES string of the molecule is O=C(O)Cc1ccc(/C=C/CCc2ccccc2)cc1. The van der Waals surface area contributed by atoms with Crippen LogP contribution in [0.4, 0.5) is 0 Å². The summed E-state index contributed by atoms with van der Waals surface area (Å²) in [5.74, 6) is -0.795. The van der Waals surface area contributed by atoms with E-state index in [1.165, 1.54) is 5.56 Å². The van der Waals surface area contributed by atoms with E-state index >= 15 is 0 Å². The van der Waals surface area contributed by atoms with Crippen molar-refractivity contribution in [3.63, 3.8) is 0 Å². The molecule has 2 rings (SSSR count). The summed E-state index contributed by atoms with van der Waals surface area (Å²) in [4.78, 5) is 10.6. The molecule has 20 heavy (non-hydrogen) atoms. The maximum atomic E-state index is 10.6. The molecule has 0 heterocycles. The molecule has 2 heteroatoms. The fraction of sp³-hybridized carbons (Fsp3) is 0.167. The van der Waals surface area contributed by atoms with Gasteiger partial charge in [0.2, 0.25) is 0 Å². The summed E-state index contributed by atoms with van der Waals surface area (Å²) in [6.45, 7) is 0. The van der Waals surface area contributed by atoms with E-state index in [9.17, 15) is 4.79 Å². The zero-order valence-corrected chi connectivity index (χ0v) is 11.3. The molecule has 0 amide bonds. The van der Waals surface area contributed by atoms with E-state index in [-0.39, 0.29) is 6.42 Å². The van der Waals surface area contributed by atoms with E-state index in [0.29, 0.717) is 0 Å². The van der Waals surface area contributed by atoms with Crippen LogP contribution >= 0.6 is 0 Å². The van der Waals surface area contributed by atoms with Gasteiger partial charge >= 0.3 is 5.97 Å². The predicted octanol–water partition coefficient (Wildman–Crippen LogP) is 3.96. The van der Waals surface area contributed by atoms with Crippen LogP contribution in [-0.2, 0) is 17.6 Å². The molecule has 2 nitrogen and oxygen atoms in total. The number of aryl methyl sites for hydroxylation is 1. The van der Waals surface area contributed by atoms with Crippen LogP contribution in [0.1, 0.15) is 23.1 Å². The summed E-state index contributed by atoms with van der Waals surface area (Å²) in [7, 11) is 0. The Morgan fingerprint density at radius 2 is 1.65 bits per heavy atom. The van der Waals surface area contributed by atoms with Gasteiger partial charge in [0.25, 0.3) is 0 Å². The van der Waals surface area contributed by atoms with Crippen molar-refractivity contribution in [2.45, 2.75) is 19.3 Å². The lowest BCUT2D eigenvalue weighted by atomic mass is 10.1. The highest BCUT2D eigenvalue weighted by atomic mass is 16.4. The lowest BCUT2D eigenvalue weighted by Gasteiger charge is -1.99. The van der Waals surface area contributed by atoms with Crippen molar-refractivity contribution in [1.82, 2.24) is 0 Å². The van der Waals surface area contributed by atoms with Crippen LogP contribution in [-0.4, -0.2) is 11.1 Å². The maximum Gasteiger partial charge on any atom is 0.307 e. The average molecular weight is 266 g/mol. The molecule has 0 fully saturated rings. The van der Waals surface area contributed by atoms with Crippen LogP contribution < -0.4 is 0 Å². The topological polar surface area (TPSA) is 37.3 Å². The highest BCUT2D eigenvalue weighted by molar-refractivity contribution is 5.70. The third-order valence-corrected chi connectivity index (χ3v) is 3.09. The monoisotopic (exact) mass is 266 g/mol. The van der Waals surface area contributed by atoms with Gasteiger partial charge < -0.3 is 5.11 Å². The summed E-state index contributed by atoms with van der Waals surface area (Å²) < 4.78 is 0. The van der Waals surface area contributed by atoms with E-state index in [4.69, 9.17) is 5.11 Å². The molecule has 0 bridgehead atoms. The Balaban J connectivity index is 1.83. The number of allylic oxidation sites excluding steroid dienone is 1. The number of hydrogen-bond acceptors (Lipinski definition) is 1. The number of hydrogen-bond donors (Lipinski definition) is 1. The number of carboxylic acids is 1. The van der Waals surface area contributed by atoms with Crippen molar-refractivity contribution < 1.29 is 9.90 Å². The Bertz CT molecular complexity index is 568. The number of carboxylic acid groups (broad SMARTS) is 1. The minimum absolute atomic E-state index is 0.0814. The molecule has 0 saturated carbocycles. The minimum atomic E-state index is -0.795. The molecule has 0 spiro atoms. The second-order valence-electron chi connectivity index (χ2n) is 4.74. The van der Waals surface area contributed by atoms with Crippen LogP contribution in [0.3, 0.4) is 0 Å². The molecule has 2 aromatic rings. The van der Waals surface area contributed by atoms with Gasteiger partial charge in [-0.2, -0.15) is 0 Å². The third-order valence-electron chi connectivity index (χ3n) is 3.09. The molecule has 1 N–H and O–H groups in total. The Hall–Kier alpha value is -2.35. The van der Waals surface area contributed by atoms with Crippen LogP contribution in [0.2, 0.25) is 0 Å². The van der Waals surface area contributed by atoms with Crippen LogP contribution in [0.25, 0.3) is 6.08 Å². The van der Waals surface area contributed by atoms with Gasteiger partial charge in [0, 0.05) is 0 Å². The quantitative estimate of drug-likeness (QED) is 0.859. The van der Waals surface area contributed by atoms with Gasteiger partial charge in [-0.3, -0.25) is 4.79 Å². The van der Waals surface area contributed by atoms with Gasteiger partial charge in [0.15, 0.2) is 0 Å². The molecular weight excluding hydrogens is 248 g/mol. The van der Waals surface area contributed by atoms with Crippen molar-refractivity contribution >= 4 is 12.0 Å². The van der Waals surface area contributed by atoms with Crippen LogP contribution in [0.15, 0.2) is 60.7 Å². The fourth-order valence-corrected chi connectivity index (χ4v) is 2.04. The first-order valence-electron chi connectivity index (χ1n) is 6.75. The normalized spacial score (nSPS) is 10.8. The summed E-state index contributed by atoms with van der Waals surface area (Å²) in [6, 6.07) is 18.0. The largest absolute Gasteiger partial charge is 0.481 e. The Labute approximate surface area is 119 Å². The van der Waals surface area contributed by atoms with Crippen molar-refractivity contribution in [2.75, 3.05) is 0 Å². The van der Waals surface area contributed by atoms with Crippen molar-refractivity contribution in [1.29, 1.82) is 0 Å². The third kappa shape index (κ3) is 4.73. The number of rotatable bonds is 6. The fourth-order valence-electron chi connectivity index (χ4n) is 2.04. The van der Waals surface area contributed by atoms with E-state index in [0.717, 1.165) is 24.0 Å². The van der Waals surface area contributed by atoms with E-state index < -0.39 is 5.97 Å². The molecule has 0 aromatic heterocycles. The molecular formula is C18H18O2. The summed E-state index contributed by atoms with van der Waals surface area (Å²) >= 11 is 0. The van der Waals surface area contributed by atoms with Crippen molar-refractivity contribution in [2.24, 2.45) is 0 Å². The van der Waals surface area contributed by atoms with Crippen LogP contribution in [0.5, 0.6) is 0 Å². The van der Waals surface area contributed by atoms with Gasteiger partial charge in [-0.25, -0.2) is 0 Å². The van der Waals surface area contributed by atoms with Gasteiger partial charge in [-0.05, 0) is 29.5 Å². The molecule has 0 unspecified atom stereocenters. The Kier molecular flexibility index (Phi) is 5.13. The molecule has 102 valence electrons. The van der Waals surface area contributed by atoms with Gasteiger partial charge in [0.1, 0.15) is 0 Å². The summed E-state index contributed by atoms with van der Waals surface area (Å²) in [5, 5.41) is 8.70. The lowest BCUT2D eigenvalue weighted by molar-refractivity contribution is -0.136. The van der Waals surface area contributed by atoms with Crippen molar-refractivity contribution in [3.8, 4) is 0 Å². The second kappa shape index (κ2) is 7.29. The van der Waals surface area contributed by atoms with Gasteiger partial charge in [-0.1, -0.05) is 66.7 Å². The average Bonchev–Trinajstić information content (AvgIpc) is 2.46. The number of carbonyl (C=O) groups is 1. The first-order valence-corrected chi connectivity index (χ1v) is 6.75. The van der Waals surface area contributed by atoms with E-state index in [1.807, 2.05) is 30.3 Å². The molecule has 0 radical (unpaired) electrons. The Morgan fingerprint density at radius 1 is 0.950 bits per heavy atom. The van der Waals surface area contributed by atoms with Crippen molar-refractivity contribution in [3.05, 3.63) is 77.4 Å². The predicted molar refractivity (Wildman–Crippen MR) is 81.6 cm³/mol. The number of benzene rings is 2. The van der Waals surface area contributed by atoms with Crippen LogP contribution in [0, 0.1) is 0 Å². The zero-order valence-electron chi connectivity index (χ0n) is 11.3. The molecule has 0 saturated heterocycles. The molecule has 0 atom stereocenters. The minimum Gasteiger partial charge on any atom is -0.481 e. The maximum absolute atomic E-state index is 10.6. The molecule has 0 aliphatic rings.